The molecule has 1 nitrogen and oxygen atoms in total. The van der Waals surface area contributed by atoms with Gasteiger partial charge in [0.15, 0.2) is 0 Å². The molecule has 2 heteroatoms. The maximum absolute atomic E-state index is 2.69. The normalized spacial score (nSPS) is 23.1. The van der Waals surface area contributed by atoms with Crippen LogP contribution in [0.15, 0.2) is 16.8 Å². The van der Waals surface area contributed by atoms with E-state index in [9.17, 15) is 0 Å². The minimum Gasteiger partial charge on any atom is -0.296 e. The first kappa shape index (κ1) is 11.2. The van der Waals surface area contributed by atoms with E-state index in [0.717, 1.165) is 6.04 Å². The molecule has 1 aromatic rings. The minimum absolute atomic E-state index is 0.719. The fourth-order valence-electron chi connectivity index (χ4n) is 2.46. The zero-order valence-electron chi connectivity index (χ0n) is 9.61. The molecular formula is C13H21NS. The Morgan fingerprint density at radius 2 is 2.40 bits per heavy atom. The molecule has 1 aliphatic rings. The summed E-state index contributed by atoms with van der Waals surface area (Å²) in [5, 5.41) is 4.54. The third kappa shape index (κ3) is 2.82. The van der Waals surface area contributed by atoms with Crippen molar-refractivity contribution >= 4 is 11.3 Å². The summed E-state index contributed by atoms with van der Waals surface area (Å²) < 4.78 is 0. The number of unbranched alkanes of at least 4 members (excludes halogenated alkanes) is 1. The van der Waals surface area contributed by atoms with Gasteiger partial charge in [0.05, 0.1) is 0 Å². The second kappa shape index (κ2) is 5.66. The number of likely N-dealkylation sites (tertiary alicyclic amines) is 1. The first-order chi connectivity index (χ1) is 7.42. The lowest BCUT2D eigenvalue weighted by Crippen LogP contribution is -2.33. The van der Waals surface area contributed by atoms with Gasteiger partial charge in [-0.15, -0.1) is 0 Å². The molecule has 0 N–H and O–H groups in total. The highest BCUT2D eigenvalue weighted by atomic mass is 32.1. The second-order valence-electron chi connectivity index (χ2n) is 4.46. The molecule has 1 aromatic heterocycles. The second-order valence-corrected chi connectivity index (χ2v) is 5.24. The predicted molar refractivity (Wildman–Crippen MR) is 67.4 cm³/mol. The highest BCUT2D eigenvalue weighted by molar-refractivity contribution is 7.07. The van der Waals surface area contributed by atoms with Crippen molar-refractivity contribution in [2.45, 2.75) is 45.1 Å². The fraction of sp³-hybridized carbons (Fsp3) is 0.692. The van der Waals surface area contributed by atoms with Crippen molar-refractivity contribution in [1.82, 2.24) is 4.90 Å². The van der Waals surface area contributed by atoms with Gasteiger partial charge in [-0.25, -0.2) is 0 Å². The van der Waals surface area contributed by atoms with E-state index in [1.54, 1.807) is 5.56 Å². The van der Waals surface area contributed by atoms with Crippen LogP contribution in [0.5, 0.6) is 0 Å². The summed E-state index contributed by atoms with van der Waals surface area (Å²) in [7, 11) is 0. The molecule has 1 saturated heterocycles. The Labute approximate surface area is 97.1 Å². The zero-order chi connectivity index (χ0) is 10.5. The molecule has 84 valence electrons. The van der Waals surface area contributed by atoms with Gasteiger partial charge in [0.1, 0.15) is 0 Å². The van der Waals surface area contributed by atoms with Crippen molar-refractivity contribution < 1.29 is 0 Å². The molecule has 1 unspecified atom stereocenters. The van der Waals surface area contributed by atoms with Crippen LogP contribution in [0, 0.1) is 0 Å². The highest BCUT2D eigenvalue weighted by Gasteiger charge is 2.23. The summed E-state index contributed by atoms with van der Waals surface area (Å²) in [6, 6.07) is 3.02. The van der Waals surface area contributed by atoms with Gasteiger partial charge in [-0.1, -0.05) is 19.8 Å². The van der Waals surface area contributed by atoms with Crippen molar-refractivity contribution in [1.29, 1.82) is 0 Å². The molecule has 15 heavy (non-hydrogen) atoms. The van der Waals surface area contributed by atoms with E-state index >= 15 is 0 Å². The number of nitrogens with zero attached hydrogens (tertiary/aromatic N) is 1. The van der Waals surface area contributed by atoms with Crippen LogP contribution in [0.3, 0.4) is 0 Å². The van der Waals surface area contributed by atoms with E-state index in [0.29, 0.717) is 0 Å². The fourth-order valence-corrected chi connectivity index (χ4v) is 3.17. The van der Waals surface area contributed by atoms with E-state index in [-0.39, 0.29) is 0 Å². The Morgan fingerprint density at radius 3 is 3.13 bits per heavy atom. The van der Waals surface area contributed by atoms with Crippen LogP contribution in [0.2, 0.25) is 0 Å². The Balaban J connectivity index is 1.99. The summed E-state index contributed by atoms with van der Waals surface area (Å²) in [6.45, 7) is 4.88. The van der Waals surface area contributed by atoms with E-state index in [1.807, 2.05) is 11.3 Å². The van der Waals surface area contributed by atoms with Gasteiger partial charge < -0.3 is 0 Å². The zero-order valence-corrected chi connectivity index (χ0v) is 10.4. The van der Waals surface area contributed by atoms with Gasteiger partial charge in [-0.3, -0.25) is 4.90 Å². The van der Waals surface area contributed by atoms with Gasteiger partial charge in [0, 0.05) is 6.04 Å². The molecule has 0 aromatic carbocycles. The smallest absolute Gasteiger partial charge is 0.0356 e. The Bertz CT molecular complexity index is 268. The van der Waals surface area contributed by atoms with Crippen molar-refractivity contribution in [2.75, 3.05) is 13.1 Å². The molecule has 1 fully saturated rings. The number of hydrogen-bond acceptors (Lipinski definition) is 2. The van der Waals surface area contributed by atoms with Crippen molar-refractivity contribution in [3.63, 3.8) is 0 Å². The summed E-state index contributed by atoms with van der Waals surface area (Å²) in [6.07, 6.45) is 6.82. The van der Waals surface area contributed by atoms with Crippen molar-refractivity contribution in [3.8, 4) is 0 Å². The van der Waals surface area contributed by atoms with Crippen LogP contribution < -0.4 is 0 Å². The summed E-state index contributed by atoms with van der Waals surface area (Å²) in [5.74, 6) is 0. The van der Waals surface area contributed by atoms with Crippen molar-refractivity contribution in [3.05, 3.63) is 22.4 Å². The summed E-state index contributed by atoms with van der Waals surface area (Å²) in [4.78, 5) is 2.69. The van der Waals surface area contributed by atoms with Crippen LogP contribution in [0.1, 0.15) is 50.6 Å². The predicted octanol–water partition coefficient (Wildman–Crippen LogP) is 4.08. The van der Waals surface area contributed by atoms with Gasteiger partial charge in [-0.05, 0) is 54.7 Å². The van der Waals surface area contributed by atoms with Gasteiger partial charge in [0.2, 0.25) is 0 Å². The first-order valence-electron chi connectivity index (χ1n) is 6.18. The van der Waals surface area contributed by atoms with Crippen molar-refractivity contribution in [2.24, 2.45) is 0 Å². The molecule has 0 spiro atoms. The van der Waals surface area contributed by atoms with E-state index in [4.69, 9.17) is 0 Å². The molecule has 1 aliphatic heterocycles. The van der Waals surface area contributed by atoms with Gasteiger partial charge in [-0.2, -0.15) is 11.3 Å². The van der Waals surface area contributed by atoms with Gasteiger partial charge >= 0.3 is 0 Å². The van der Waals surface area contributed by atoms with E-state index < -0.39 is 0 Å². The Hall–Kier alpha value is -0.340. The lowest BCUT2D eigenvalue weighted by Gasteiger charge is -2.35. The minimum atomic E-state index is 0.719. The van der Waals surface area contributed by atoms with Crippen LogP contribution in [0.4, 0.5) is 0 Å². The molecule has 0 aliphatic carbocycles. The maximum Gasteiger partial charge on any atom is 0.0356 e. The van der Waals surface area contributed by atoms with Gasteiger partial charge in [0.25, 0.3) is 0 Å². The highest BCUT2D eigenvalue weighted by Crippen LogP contribution is 2.31. The average molecular weight is 223 g/mol. The Morgan fingerprint density at radius 1 is 1.47 bits per heavy atom. The average Bonchev–Trinajstić information content (AvgIpc) is 2.80. The Kier molecular flexibility index (Phi) is 4.21. The molecule has 0 radical (unpaired) electrons. The topological polar surface area (TPSA) is 3.24 Å². The SMILES string of the molecule is CCCCN1CCCCC1c1ccsc1. The van der Waals surface area contributed by atoms with Crippen LogP contribution in [-0.2, 0) is 0 Å². The summed E-state index contributed by atoms with van der Waals surface area (Å²) >= 11 is 1.83. The largest absolute Gasteiger partial charge is 0.296 e. The third-order valence-electron chi connectivity index (χ3n) is 3.34. The first-order valence-corrected chi connectivity index (χ1v) is 7.12. The van der Waals surface area contributed by atoms with Crippen LogP contribution in [-0.4, -0.2) is 18.0 Å². The quantitative estimate of drug-likeness (QED) is 0.743. The number of thiophene rings is 1. The lowest BCUT2D eigenvalue weighted by atomic mass is 9.97. The number of hydrogen-bond donors (Lipinski definition) is 0. The monoisotopic (exact) mass is 223 g/mol. The molecule has 2 rings (SSSR count). The van der Waals surface area contributed by atoms with E-state index in [1.165, 1.54) is 45.2 Å². The molecule has 0 bridgehead atoms. The summed E-state index contributed by atoms with van der Waals surface area (Å²) in [5.41, 5.74) is 1.55. The third-order valence-corrected chi connectivity index (χ3v) is 4.04. The molecule has 0 saturated carbocycles. The maximum atomic E-state index is 2.69. The van der Waals surface area contributed by atoms with E-state index in [2.05, 4.69) is 28.7 Å². The standard InChI is InChI=1S/C13H21NS/c1-2-3-8-14-9-5-4-6-13(14)12-7-10-15-11-12/h7,10-11,13H,2-6,8-9H2,1H3. The lowest BCUT2D eigenvalue weighted by molar-refractivity contribution is 0.147. The number of rotatable bonds is 4. The van der Waals surface area contributed by atoms with Crippen LogP contribution >= 0.6 is 11.3 Å². The molecular weight excluding hydrogens is 202 g/mol. The molecule has 2 heterocycles. The van der Waals surface area contributed by atoms with Crippen LogP contribution in [0.25, 0.3) is 0 Å². The molecule has 0 amide bonds. The number of piperidine rings is 1. The molecule has 1 atom stereocenters.